The summed E-state index contributed by atoms with van der Waals surface area (Å²) in [6.07, 6.45) is 3.48. The van der Waals surface area contributed by atoms with Crippen LogP contribution in [0, 0.1) is 6.92 Å². The maximum atomic E-state index is 12.8. The number of nitrogens with one attached hydrogen (secondary N) is 1. The van der Waals surface area contributed by atoms with Crippen molar-refractivity contribution in [1.82, 2.24) is 4.57 Å². The van der Waals surface area contributed by atoms with Crippen LogP contribution >= 0.6 is 0 Å². The smallest absolute Gasteiger partial charge is 0.261 e. The molecule has 1 amide bonds. The molecule has 0 saturated heterocycles. The Balaban J connectivity index is 1.66. The SMILES string of the molecule is Cc1ccc2c(c1)[C@@](O)(CC(=O)c1cccc(-n3cccc3)c1)C(=O)N2. The second-order valence-electron chi connectivity index (χ2n) is 6.60. The lowest BCUT2D eigenvalue weighted by Gasteiger charge is -2.20. The quantitative estimate of drug-likeness (QED) is 0.713. The number of hydrogen-bond acceptors (Lipinski definition) is 3. The van der Waals surface area contributed by atoms with Crippen LogP contribution in [0.4, 0.5) is 5.69 Å². The van der Waals surface area contributed by atoms with Gasteiger partial charge in [0.15, 0.2) is 11.4 Å². The van der Waals surface area contributed by atoms with Crippen molar-refractivity contribution in [3.63, 3.8) is 0 Å². The minimum absolute atomic E-state index is 0.286. The molecular formula is C21H18N2O3. The number of carbonyl (C=O) groups excluding carboxylic acids is 2. The van der Waals surface area contributed by atoms with Crippen LogP contribution in [-0.4, -0.2) is 21.4 Å². The molecule has 5 heteroatoms. The van der Waals surface area contributed by atoms with E-state index in [-0.39, 0.29) is 12.2 Å². The summed E-state index contributed by atoms with van der Waals surface area (Å²) in [6.45, 7) is 1.88. The van der Waals surface area contributed by atoms with E-state index in [4.69, 9.17) is 0 Å². The zero-order chi connectivity index (χ0) is 18.3. The molecule has 2 N–H and O–H groups in total. The third-order valence-electron chi connectivity index (χ3n) is 4.73. The van der Waals surface area contributed by atoms with E-state index >= 15 is 0 Å². The molecular weight excluding hydrogens is 328 g/mol. The summed E-state index contributed by atoms with van der Waals surface area (Å²) < 4.78 is 1.90. The number of aromatic nitrogens is 1. The minimum Gasteiger partial charge on any atom is -0.375 e. The van der Waals surface area contributed by atoms with Gasteiger partial charge in [0.25, 0.3) is 5.91 Å². The number of amides is 1. The Bertz CT molecular complexity index is 1010. The van der Waals surface area contributed by atoms with Crippen molar-refractivity contribution < 1.29 is 14.7 Å². The molecule has 0 radical (unpaired) electrons. The lowest BCUT2D eigenvalue weighted by Crippen LogP contribution is -2.36. The Hall–Kier alpha value is -3.18. The fourth-order valence-electron chi connectivity index (χ4n) is 3.31. The maximum absolute atomic E-state index is 12.8. The van der Waals surface area contributed by atoms with E-state index < -0.39 is 11.5 Å². The number of hydrogen-bond donors (Lipinski definition) is 2. The summed E-state index contributed by atoms with van der Waals surface area (Å²) in [4.78, 5) is 25.2. The molecule has 1 aromatic heterocycles. The molecule has 0 unspecified atom stereocenters. The normalized spacial score (nSPS) is 18.5. The first-order chi connectivity index (χ1) is 12.5. The molecule has 3 aromatic rings. The molecule has 1 aliphatic heterocycles. The van der Waals surface area contributed by atoms with Gasteiger partial charge in [-0.05, 0) is 37.3 Å². The third kappa shape index (κ3) is 2.62. The minimum atomic E-state index is -1.85. The van der Waals surface area contributed by atoms with Crippen LogP contribution in [0.15, 0.2) is 67.0 Å². The predicted octanol–water partition coefficient (Wildman–Crippen LogP) is 3.20. The second kappa shape index (κ2) is 5.97. The highest BCUT2D eigenvalue weighted by Gasteiger charge is 2.46. The van der Waals surface area contributed by atoms with E-state index in [1.807, 2.05) is 48.1 Å². The number of nitrogens with zero attached hydrogens (tertiary/aromatic N) is 1. The number of Topliss-reactive ketones (excluding diaryl/α,β-unsaturated/α-hetero) is 1. The van der Waals surface area contributed by atoms with Crippen molar-refractivity contribution >= 4 is 17.4 Å². The first-order valence-corrected chi connectivity index (χ1v) is 8.39. The third-order valence-corrected chi connectivity index (χ3v) is 4.73. The van der Waals surface area contributed by atoms with Crippen LogP contribution in [0.1, 0.15) is 27.9 Å². The number of aryl methyl sites for hydroxylation is 1. The maximum Gasteiger partial charge on any atom is 0.261 e. The van der Waals surface area contributed by atoms with Gasteiger partial charge in [-0.1, -0.05) is 29.8 Å². The number of rotatable bonds is 4. The van der Waals surface area contributed by atoms with Gasteiger partial charge in [-0.2, -0.15) is 0 Å². The molecule has 0 fully saturated rings. The first kappa shape index (κ1) is 16.3. The summed E-state index contributed by atoms with van der Waals surface area (Å²) in [5, 5.41) is 13.6. The zero-order valence-electron chi connectivity index (χ0n) is 14.3. The lowest BCUT2D eigenvalue weighted by atomic mass is 9.87. The molecule has 1 aliphatic rings. The van der Waals surface area contributed by atoms with Gasteiger partial charge in [-0.15, -0.1) is 0 Å². The predicted molar refractivity (Wildman–Crippen MR) is 98.4 cm³/mol. The molecule has 4 rings (SSSR count). The van der Waals surface area contributed by atoms with Gasteiger partial charge < -0.3 is 15.0 Å². The van der Waals surface area contributed by atoms with Crippen molar-refractivity contribution in [2.75, 3.05) is 5.32 Å². The van der Waals surface area contributed by atoms with Gasteiger partial charge in [-0.3, -0.25) is 9.59 Å². The summed E-state index contributed by atoms with van der Waals surface area (Å²) in [5.74, 6) is -0.848. The molecule has 26 heavy (non-hydrogen) atoms. The van der Waals surface area contributed by atoms with E-state index in [2.05, 4.69) is 5.32 Å². The zero-order valence-corrected chi connectivity index (χ0v) is 14.3. The van der Waals surface area contributed by atoms with E-state index in [0.29, 0.717) is 16.8 Å². The standard InChI is InChI=1S/C21H18N2O3/c1-14-7-8-18-17(11-14)21(26,20(25)22-18)13-19(24)15-5-4-6-16(12-15)23-9-2-3-10-23/h2-12,26H,13H2,1H3,(H,22,25)/t21-/m0/s1. The van der Waals surface area contributed by atoms with Crippen molar-refractivity contribution in [3.8, 4) is 5.69 Å². The van der Waals surface area contributed by atoms with Crippen LogP contribution < -0.4 is 5.32 Å². The van der Waals surface area contributed by atoms with E-state index in [1.165, 1.54) is 0 Å². The summed E-state index contributed by atoms with van der Waals surface area (Å²) in [6, 6.07) is 16.3. The van der Waals surface area contributed by atoms with Crippen molar-refractivity contribution in [1.29, 1.82) is 0 Å². The summed E-state index contributed by atoms with van der Waals surface area (Å²) in [5.41, 5.74) is 1.38. The lowest BCUT2D eigenvalue weighted by molar-refractivity contribution is -0.133. The number of carbonyl (C=O) groups is 2. The average Bonchev–Trinajstić information content (AvgIpc) is 3.24. The molecule has 1 atom stereocenters. The van der Waals surface area contributed by atoms with Gasteiger partial charge in [0, 0.05) is 34.9 Å². The summed E-state index contributed by atoms with van der Waals surface area (Å²) in [7, 11) is 0. The summed E-state index contributed by atoms with van der Waals surface area (Å²) >= 11 is 0. The van der Waals surface area contributed by atoms with Crippen LogP contribution in [-0.2, 0) is 10.4 Å². The fraction of sp³-hybridized carbons (Fsp3) is 0.143. The van der Waals surface area contributed by atoms with Gasteiger partial charge in [0.2, 0.25) is 0 Å². The van der Waals surface area contributed by atoms with Crippen molar-refractivity contribution in [3.05, 3.63) is 83.7 Å². The molecule has 0 spiro atoms. The number of fused-ring (bicyclic) bond motifs is 1. The number of aliphatic hydroxyl groups is 1. The topological polar surface area (TPSA) is 71.3 Å². The molecule has 5 nitrogen and oxygen atoms in total. The largest absolute Gasteiger partial charge is 0.375 e. The second-order valence-corrected chi connectivity index (χ2v) is 6.60. The Labute approximate surface area is 150 Å². The van der Waals surface area contributed by atoms with E-state index in [1.54, 1.807) is 30.3 Å². The van der Waals surface area contributed by atoms with Crippen LogP contribution in [0.5, 0.6) is 0 Å². The highest BCUT2D eigenvalue weighted by Crippen LogP contribution is 2.39. The molecule has 2 aromatic carbocycles. The highest BCUT2D eigenvalue weighted by atomic mass is 16.3. The van der Waals surface area contributed by atoms with E-state index in [9.17, 15) is 14.7 Å². The van der Waals surface area contributed by atoms with E-state index in [0.717, 1.165) is 11.3 Å². The molecule has 0 bridgehead atoms. The van der Waals surface area contributed by atoms with Crippen LogP contribution in [0.2, 0.25) is 0 Å². The highest BCUT2D eigenvalue weighted by molar-refractivity contribution is 6.09. The number of benzene rings is 2. The van der Waals surface area contributed by atoms with Gasteiger partial charge in [-0.25, -0.2) is 0 Å². The molecule has 0 saturated carbocycles. The van der Waals surface area contributed by atoms with Crippen molar-refractivity contribution in [2.24, 2.45) is 0 Å². The molecule has 130 valence electrons. The fourth-order valence-corrected chi connectivity index (χ4v) is 3.31. The Kier molecular flexibility index (Phi) is 3.74. The molecule has 2 heterocycles. The number of ketones is 1. The van der Waals surface area contributed by atoms with Gasteiger partial charge in [0.1, 0.15) is 0 Å². The van der Waals surface area contributed by atoms with Crippen LogP contribution in [0.3, 0.4) is 0 Å². The Morgan fingerprint density at radius 3 is 2.65 bits per heavy atom. The first-order valence-electron chi connectivity index (χ1n) is 8.39. The monoisotopic (exact) mass is 346 g/mol. The van der Waals surface area contributed by atoms with Gasteiger partial charge >= 0.3 is 0 Å². The van der Waals surface area contributed by atoms with Crippen molar-refractivity contribution in [2.45, 2.75) is 18.9 Å². The van der Waals surface area contributed by atoms with Crippen LogP contribution in [0.25, 0.3) is 5.69 Å². The molecule has 0 aliphatic carbocycles. The number of anilines is 1. The Morgan fingerprint density at radius 2 is 1.88 bits per heavy atom. The van der Waals surface area contributed by atoms with Gasteiger partial charge in [0.05, 0.1) is 6.42 Å². The Morgan fingerprint density at radius 1 is 1.12 bits per heavy atom. The average molecular weight is 346 g/mol.